The van der Waals surface area contributed by atoms with Gasteiger partial charge in [-0.2, -0.15) is 0 Å². The van der Waals surface area contributed by atoms with E-state index in [9.17, 15) is 9.59 Å². The summed E-state index contributed by atoms with van der Waals surface area (Å²) in [5.41, 5.74) is 7.06. The minimum Gasteiger partial charge on any atom is -0.465 e. The lowest BCUT2D eigenvalue weighted by Gasteiger charge is -2.18. The molecule has 0 aliphatic carbocycles. The van der Waals surface area contributed by atoms with Gasteiger partial charge in [0.05, 0.1) is 12.7 Å². The number of thiophene rings is 1. The van der Waals surface area contributed by atoms with Crippen molar-refractivity contribution < 1.29 is 14.3 Å². The largest absolute Gasteiger partial charge is 0.465 e. The van der Waals surface area contributed by atoms with Crippen molar-refractivity contribution in [1.82, 2.24) is 14.8 Å². The van der Waals surface area contributed by atoms with Crippen LogP contribution in [-0.2, 0) is 9.53 Å². The van der Waals surface area contributed by atoms with E-state index >= 15 is 0 Å². The Kier molecular flexibility index (Phi) is 6.07. The van der Waals surface area contributed by atoms with Gasteiger partial charge in [0.25, 0.3) is 0 Å². The molecule has 1 amide bonds. The van der Waals surface area contributed by atoms with E-state index in [4.69, 9.17) is 10.5 Å². The fourth-order valence-corrected chi connectivity index (χ4v) is 4.06. The topological polar surface area (TPSA) is 112 Å². The number of nitrogen functional groups attached to an aromatic ring is 1. The molecule has 1 unspecified atom stereocenters. The lowest BCUT2D eigenvalue weighted by molar-refractivity contribution is -0.119. The summed E-state index contributed by atoms with van der Waals surface area (Å²) in [6, 6.07) is -0.578. The lowest BCUT2D eigenvalue weighted by Crippen LogP contribution is -2.27. The first-order valence-electron chi connectivity index (χ1n) is 7.59. The molecule has 2 heterocycles. The van der Waals surface area contributed by atoms with Gasteiger partial charge in [-0.3, -0.25) is 9.36 Å². The zero-order chi connectivity index (χ0) is 18.7. The number of hydrogen-bond acceptors (Lipinski definition) is 8. The highest BCUT2D eigenvalue weighted by molar-refractivity contribution is 7.98. The van der Waals surface area contributed by atoms with E-state index < -0.39 is 12.0 Å². The van der Waals surface area contributed by atoms with Crippen LogP contribution in [0, 0.1) is 13.8 Å². The second kappa shape index (κ2) is 7.87. The fraction of sp³-hybridized carbons (Fsp3) is 0.467. The van der Waals surface area contributed by atoms with Crippen molar-refractivity contribution in [1.29, 1.82) is 0 Å². The first-order chi connectivity index (χ1) is 11.8. The Morgan fingerprint density at radius 3 is 2.64 bits per heavy atom. The van der Waals surface area contributed by atoms with Crippen molar-refractivity contribution in [3.05, 3.63) is 16.0 Å². The molecule has 0 aliphatic heterocycles. The van der Waals surface area contributed by atoms with E-state index in [0.29, 0.717) is 22.1 Å². The number of rotatable bonds is 6. The average Bonchev–Trinajstić information content (AvgIpc) is 3.08. The summed E-state index contributed by atoms with van der Waals surface area (Å²) in [6.07, 6.45) is 2.34. The highest BCUT2D eigenvalue weighted by atomic mass is 32.2. The molecule has 8 nitrogen and oxygen atoms in total. The third kappa shape index (κ3) is 3.64. The summed E-state index contributed by atoms with van der Waals surface area (Å²) in [5, 5.41) is 11.7. The molecule has 0 saturated carbocycles. The van der Waals surface area contributed by atoms with Gasteiger partial charge >= 0.3 is 5.97 Å². The molecule has 25 heavy (non-hydrogen) atoms. The summed E-state index contributed by atoms with van der Waals surface area (Å²) >= 11 is 2.70. The highest BCUT2D eigenvalue weighted by Crippen LogP contribution is 2.34. The normalized spacial score (nSPS) is 12.0. The molecular weight excluding hydrogens is 362 g/mol. The highest BCUT2D eigenvalue weighted by Gasteiger charge is 2.27. The number of aryl methyl sites for hydroxylation is 1. The Balaban J connectivity index is 2.37. The molecule has 0 aliphatic rings. The summed E-state index contributed by atoms with van der Waals surface area (Å²) in [5.74, 6) is -0.576. The van der Waals surface area contributed by atoms with Crippen LogP contribution in [0.4, 0.5) is 10.9 Å². The van der Waals surface area contributed by atoms with Gasteiger partial charge in [0.15, 0.2) is 5.16 Å². The van der Waals surface area contributed by atoms with Crippen LogP contribution in [-0.4, -0.2) is 40.0 Å². The molecule has 2 rings (SSSR count). The molecular formula is C15H21N5O3S2. The lowest BCUT2D eigenvalue weighted by atomic mass is 10.1. The smallest absolute Gasteiger partial charge is 0.341 e. The van der Waals surface area contributed by atoms with Crippen LogP contribution in [0.2, 0.25) is 0 Å². The van der Waals surface area contributed by atoms with E-state index in [2.05, 4.69) is 15.5 Å². The molecule has 2 aromatic heterocycles. The molecule has 0 radical (unpaired) electrons. The van der Waals surface area contributed by atoms with Gasteiger partial charge < -0.3 is 15.8 Å². The number of carbonyl (C=O) groups is 2. The molecule has 0 fully saturated rings. The van der Waals surface area contributed by atoms with Crippen molar-refractivity contribution in [2.24, 2.45) is 0 Å². The Hall–Kier alpha value is -2.07. The standard InChI is InChI=1S/C15H21N5O3S2/c1-6-9(20-14(16)18-19-15(20)24-5)11(21)17-12-10(13(22)23-4)7(2)8(3)25-12/h9H,6H2,1-5H3,(H2,16,18)(H,17,21). The zero-order valence-corrected chi connectivity index (χ0v) is 16.4. The zero-order valence-electron chi connectivity index (χ0n) is 14.7. The maximum absolute atomic E-state index is 12.8. The van der Waals surface area contributed by atoms with Crippen molar-refractivity contribution in [3.63, 3.8) is 0 Å². The Morgan fingerprint density at radius 1 is 1.40 bits per heavy atom. The maximum atomic E-state index is 12.8. The van der Waals surface area contributed by atoms with Crippen molar-refractivity contribution >= 4 is 45.9 Å². The molecule has 10 heteroatoms. The van der Waals surface area contributed by atoms with Crippen LogP contribution in [0.3, 0.4) is 0 Å². The van der Waals surface area contributed by atoms with E-state index in [1.165, 1.54) is 30.2 Å². The van der Waals surface area contributed by atoms with Crippen LogP contribution < -0.4 is 11.1 Å². The summed E-state index contributed by atoms with van der Waals surface area (Å²) in [4.78, 5) is 25.8. The average molecular weight is 383 g/mol. The van der Waals surface area contributed by atoms with Gasteiger partial charge in [0, 0.05) is 4.88 Å². The molecule has 0 bridgehead atoms. The van der Waals surface area contributed by atoms with Crippen molar-refractivity contribution in [3.8, 4) is 0 Å². The SMILES string of the molecule is CCC(C(=O)Nc1sc(C)c(C)c1C(=O)OC)n1c(N)nnc1SC. The molecule has 0 aromatic carbocycles. The number of anilines is 2. The van der Waals surface area contributed by atoms with Gasteiger partial charge in [0.2, 0.25) is 11.9 Å². The van der Waals surface area contributed by atoms with Gasteiger partial charge in [0.1, 0.15) is 11.0 Å². The Bertz CT molecular complexity index is 799. The Morgan fingerprint density at radius 2 is 2.08 bits per heavy atom. The van der Waals surface area contributed by atoms with E-state index in [0.717, 1.165) is 10.4 Å². The number of methoxy groups -OCH3 is 1. The van der Waals surface area contributed by atoms with Gasteiger partial charge in [-0.15, -0.1) is 21.5 Å². The quantitative estimate of drug-likeness (QED) is 0.582. The number of nitrogens with two attached hydrogens (primary N) is 1. The van der Waals surface area contributed by atoms with Crippen LogP contribution >= 0.6 is 23.1 Å². The van der Waals surface area contributed by atoms with Crippen molar-refractivity contribution in [2.45, 2.75) is 38.4 Å². The first kappa shape index (κ1) is 19.3. The Labute approximate surface area is 154 Å². The van der Waals surface area contributed by atoms with Gasteiger partial charge in [-0.25, -0.2) is 4.79 Å². The van der Waals surface area contributed by atoms with Crippen molar-refractivity contribution in [2.75, 3.05) is 24.4 Å². The third-order valence-electron chi connectivity index (χ3n) is 3.89. The van der Waals surface area contributed by atoms with Crippen LogP contribution in [0.25, 0.3) is 0 Å². The minimum absolute atomic E-state index is 0.179. The van der Waals surface area contributed by atoms with E-state index in [1.54, 1.807) is 4.57 Å². The number of ether oxygens (including phenoxy) is 1. The molecule has 2 aromatic rings. The predicted octanol–water partition coefficient (Wildman–Crippen LogP) is 2.64. The number of hydrogen-bond donors (Lipinski definition) is 2. The van der Waals surface area contributed by atoms with Crippen LogP contribution in [0.1, 0.15) is 40.2 Å². The monoisotopic (exact) mass is 383 g/mol. The van der Waals surface area contributed by atoms with E-state index in [-0.39, 0.29) is 11.9 Å². The van der Waals surface area contributed by atoms with Crippen LogP contribution in [0.5, 0.6) is 0 Å². The number of nitrogens with one attached hydrogen (secondary N) is 1. The predicted molar refractivity (Wildman–Crippen MR) is 99.3 cm³/mol. The minimum atomic E-state index is -0.578. The molecule has 1 atom stereocenters. The molecule has 136 valence electrons. The number of thioether (sulfide) groups is 1. The van der Waals surface area contributed by atoms with E-state index in [1.807, 2.05) is 27.0 Å². The molecule has 0 spiro atoms. The second-order valence-electron chi connectivity index (χ2n) is 5.31. The van der Waals surface area contributed by atoms with Gasteiger partial charge in [-0.1, -0.05) is 18.7 Å². The number of amides is 1. The van der Waals surface area contributed by atoms with Gasteiger partial charge in [-0.05, 0) is 32.1 Å². The first-order valence-corrected chi connectivity index (χ1v) is 9.63. The third-order valence-corrected chi connectivity index (χ3v) is 5.65. The molecule has 3 N–H and O–H groups in total. The molecule has 0 saturated heterocycles. The fourth-order valence-electron chi connectivity index (χ4n) is 2.46. The van der Waals surface area contributed by atoms with Crippen LogP contribution in [0.15, 0.2) is 5.16 Å². The number of aromatic nitrogens is 3. The number of nitrogens with zero attached hydrogens (tertiary/aromatic N) is 3. The summed E-state index contributed by atoms with van der Waals surface area (Å²) in [6.45, 7) is 5.59. The number of carbonyl (C=O) groups excluding carboxylic acids is 2. The number of esters is 1. The maximum Gasteiger partial charge on any atom is 0.341 e. The second-order valence-corrected chi connectivity index (χ2v) is 7.31. The summed E-state index contributed by atoms with van der Waals surface area (Å²) in [7, 11) is 1.32. The summed E-state index contributed by atoms with van der Waals surface area (Å²) < 4.78 is 6.44.